The quantitative estimate of drug-likeness (QED) is 0.214. The van der Waals surface area contributed by atoms with Crippen LogP contribution in [0.4, 0.5) is 0 Å². The summed E-state index contributed by atoms with van der Waals surface area (Å²) in [6.07, 6.45) is 1.32. The second kappa shape index (κ2) is 12.3. The molecule has 0 amide bonds. The molecule has 4 heterocycles. The lowest BCUT2D eigenvalue weighted by atomic mass is 9.86. The lowest BCUT2D eigenvalue weighted by Crippen LogP contribution is -2.63. The number of fused-ring (bicyclic) bond motifs is 7. The molecule has 35 heavy (non-hydrogen) atoms. The average Bonchev–Trinajstić information content (AvgIpc) is 3.10. The predicted molar refractivity (Wildman–Crippen MR) is 148 cm³/mol. The molecule has 4 rings (SSSR count). The fourth-order valence-corrected chi connectivity index (χ4v) is 8.24. The van der Waals surface area contributed by atoms with E-state index in [1.54, 1.807) is 0 Å². The molecule has 8 nitrogen and oxygen atoms in total. The van der Waals surface area contributed by atoms with Crippen LogP contribution in [0.15, 0.2) is 10.2 Å². The molecule has 4 fully saturated rings. The minimum absolute atomic E-state index is 0.00347. The highest BCUT2D eigenvalue weighted by atomic mass is 127. The first-order chi connectivity index (χ1) is 16.6. The van der Waals surface area contributed by atoms with E-state index in [-0.39, 0.29) is 57.1 Å². The molecule has 4 bridgehead atoms. The molecule has 4 saturated heterocycles. The highest BCUT2D eigenvalue weighted by Gasteiger charge is 2.62. The number of alkyl halides is 2. The van der Waals surface area contributed by atoms with Crippen molar-refractivity contribution in [3.05, 3.63) is 10.2 Å². The molecule has 0 aromatic heterocycles. The largest absolute Gasteiger partial charge is 0.468 e. The van der Waals surface area contributed by atoms with E-state index < -0.39 is 24.0 Å². The van der Waals surface area contributed by atoms with Crippen LogP contribution in [0.25, 0.3) is 0 Å². The first-order valence-electron chi connectivity index (χ1n) is 11.8. The summed E-state index contributed by atoms with van der Waals surface area (Å²) in [5.41, 5.74) is 0. The van der Waals surface area contributed by atoms with Crippen LogP contribution in [-0.4, -0.2) is 86.9 Å². The van der Waals surface area contributed by atoms with E-state index in [1.807, 2.05) is 0 Å². The molecule has 198 valence electrons. The van der Waals surface area contributed by atoms with Gasteiger partial charge in [-0.15, -0.1) is 11.6 Å². The average molecular weight is 757 g/mol. The van der Waals surface area contributed by atoms with Gasteiger partial charge < -0.3 is 28.8 Å². The number of hydrogen-bond donors (Lipinski definition) is 1. The fraction of sp³-hybridized carbons (Fsp3) is 0.826. The topological polar surface area (TPSA) is 101 Å². The number of aliphatic hydroxyl groups is 1. The standard InChI is InChI=1S/C23H31ClI2O8S/c1-11(25)7-12(24)5-6-23-9-14(27)19(33-23)21-18(26)22(34-23)20-15(32-21)4-3-13(31-20)8-17(29)35-10-16(28)30-2/h12-15,18-22,27H,1,3-10H2,2H3/t12-,13-,14?,15+,18?,19?,20+,21?,22-,23+/m1/s1. The van der Waals surface area contributed by atoms with Gasteiger partial charge in [-0.1, -0.05) is 40.9 Å². The van der Waals surface area contributed by atoms with Gasteiger partial charge in [-0.3, -0.25) is 9.59 Å². The van der Waals surface area contributed by atoms with Gasteiger partial charge in [0.25, 0.3) is 0 Å². The first-order valence-corrected chi connectivity index (χ1v) is 15.5. The van der Waals surface area contributed by atoms with Crippen LogP contribution in [0.1, 0.15) is 44.9 Å². The Balaban J connectivity index is 1.44. The molecule has 0 saturated carbocycles. The molecule has 0 aromatic rings. The maximum atomic E-state index is 12.4. The van der Waals surface area contributed by atoms with E-state index in [4.69, 9.17) is 30.5 Å². The number of ether oxygens (including phenoxy) is 5. The zero-order valence-electron chi connectivity index (χ0n) is 19.4. The van der Waals surface area contributed by atoms with Crippen LogP contribution < -0.4 is 0 Å². The fourth-order valence-electron chi connectivity index (χ4n) is 5.31. The van der Waals surface area contributed by atoms with Gasteiger partial charge in [0.2, 0.25) is 0 Å². The number of aliphatic hydroxyl groups excluding tert-OH is 1. The minimum Gasteiger partial charge on any atom is -0.468 e. The summed E-state index contributed by atoms with van der Waals surface area (Å²) in [6, 6.07) is 0. The van der Waals surface area contributed by atoms with E-state index in [2.05, 4.69) is 56.5 Å². The van der Waals surface area contributed by atoms with E-state index >= 15 is 0 Å². The molecule has 0 spiro atoms. The van der Waals surface area contributed by atoms with Crippen LogP contribution in [0, 0.1) is 0 Å². The van der Waals surface area contributed by atoms with Gasteiger partial charge in [0.15, 0.2) is 10.9 Å². The van der Waals surface area contributed by atoms with Gasteiger partial charge >= 0.3 is 5.97 Å². The molecular formula is C23H31ClI2O8S. The third kappa shape index (κ3) is 6.87. The number of thioether (sulfide) groups is 1. The number of allylic oxidation sites excluding steroid dienone is 1. The number of carbonyl (C=O) groups is 2. The molecule has 4 aliphatic rings. The number of methoxy groups -OCH3 is 1. The summed E-state index contributed by atoms with van der Waals surface area (Å²) >= 11 is 12.0. The van der Waals surface area contributed by atoms with E-state index in [0.29, 0.717) is 32.1 Å². The van der Waals surface area contributed by atoms with Crippen molar-refractivity contribution in [2.45, 2.75) is 103 Å². The summed E-state index contributed by atoms with van der Waals surface area (Å²) < 4.78 is 31.4. The molecular weight excluding hydrogens is 726 g/mol. The zero-order chi connectivity index (χ0) is 25.3. The van der Waals surface area contributed by atoms with Crippen LogP contribution in [0.5, 0.6) is 0 Å². The second-order valence-corrected chi connectivity index (χ2v) is 14.1. The Morgan fingerprint density at radius 3 is 2.69 bits per heavy atom. The van der Waals surface area contributed by atoms with Crippen molar-refractivity contribution in [1.29, 1.82) is 0 Å². The second-order valence-electron chi connectivity index (χ2n) is 9.53. The Morgan fingerprint density at radius 2 is 1.97 bits per heavy atom. The third-order valence-electron chi connectivity index (χ3n) is 6.95. The van der Waals surface area contributed by atoms with Gasteiger partial charge in [0.1, 0.15) is 24.4 Å². The van der Waals surface area contributed by atoms with Crippen molar-refractivity contribution < 1.29 is 38.4 Å². The van der Waals surface area contributed by atoms with Gasteiger partial charge in [-0.05, 0) is 51.9 Å². The van der Waals surface area contributed by atoms with Gasteiger partial charge in [0.05, 0.1) is 35.1 Å². The van der Waals surface area contributed by atoms with E-state index in [9.17, 15) is 14.7 Å². The summed E-state index contributed by atoms with van der Waals surface area (Å²) in [5, 5.41) is 10.6. The van der Waals surface area contributed by atoms with Crippen LogP contribution in [-0.2, 0) is 33.3 Å². The lowest BCUT2D eigenvalue weighted by Gasteiger charge is -2.49. The Morgan fingerprint density at radius 1 is 1.23 bits per heavy atom. The first kappa shape index (κ1) is 28.8. The van der Waals surface area contributed by atoms with Crippen molar-refractivity contribution >= 4 is 79.6 Å². The molecule has 0 radical (unpaired) electrons. The molecule has 12 heteroatoms. The number of rotatable bonds is 9. The Kier molecular flexibility index (Phi) is 10.1. The predicted octanol–water partition coefficient (Wildman–Crippen LogP) is 3.90. The maximum Gasteiger partial charge on any atom is 0.316 e. The van der Waals surface area contributed by atoms with Gasteiger partial charge in [-0.2, -0.15) is 0 Å². The summed E-state index contributed by atoms with van der Waals surface area (Å²) in [7, 11) is 1.30. The van der Waals surface area contributed by atoms with E-state index in [1.165, 1.54) is 7.11 Å². The zero-order valence-corrected chi connectivity index (χ0v) is 25.3. The number of hydrogen-bond acceptors (Lipinski definition) is 9. The highest BCUT2D eigenvalue weighted by Crippen LogP contribution is 2.50. The molecule has 4 aliphatic heterocycles. The van der Waals surface area contributed by atoms with Crippen LogP contribution in [0.2, 0.25) is 0 Å². The third-order valence-corrected chi connectivity index (χ3v) is 10.1. The Labute approximate surface area is 242 Å². The maximum absolute atomic E-state index is 12.4. The normalized spacial score (nSPS) is 40.9. The Hall–Kier alpha value is 0.780. The van der Waals surface area contributed by atoms with Crippen molar-refractivity contribution in [2.24, 2.45) is 0 Å². The lowest BCUT2D eigenvalue weighted by molar-refractivity contribution is -0.273. The molecule has 1 N–H and O–H groups in total. The van der Waals surface area contributed by atoms with Crippen molar-refractivity contribution in [2.75, 3.05) is 12.9 Å². The smallest absolute Gasteiger partial charge is 0.316 e. The molecule has 0 aromatic carbocycles. The molecule has 0 aliphatic carbocycles. The van der Waals surface area contributed by atoms with Gasteiger partial charge in [0, 0.05) is 24.6 Å². The monoisotopic (exact) mass is 756 g/mol. The van der Waals surface area contributed by atoms with Crippen molar-refractivity contribution in [3.63, 3.8) is 0 Å². The number of carbonyl (C=O) groups excluding carboxylic acids is 2. The van der Waals surface area contributed by atoms with Gasteiger partial charge in [-0.25, -0.2) is 0 Å². The van der Waals surface area contributed by atoms with Crippen LogP contribution >= 0.6 is 68.5 Å². The van der Waals surface area contributed by atoms with E-state index in [0.717, 1.165) is 21.8 Å². The summed E-state index contributed by atoms with van der Waals surface area (Å²) in [4.78, 5) is 23.7. The highest BCUT2D eigenvalue weighted by molar-refractivity contribution is 14.1. The summed E-state index contributed by atoms with van der Waals surface area (Å²) in [5.74, 6) is -1.38. The molecule has 10 atom stereocenters. The van der Waals surface area contributed by atoms with Crippen molar-refractivity contribution in [3.8, 4) is 0 Å². The SMILES string of the molecule is C=C(I)C[C@H](Cl)CC[C@]12CC(O)C(O1)C1O[C@H]3CC[C@H](CC(=O)SCC(=O)OC)O[C@@H]3[C@H](O2)C1I. The minimum atomic E-state index is -0.951. The number of halogens is 3. The molecule has 4 unspecified atom stereocenters. The Bertz CT molecular complexity index is 820. The van der Waals surface area contributed by atoms with Crippen LogP contribution in [0.3, 0.4) is 0 Å². The van der Waals surface area contributed by atoms with Crippen molar-refractivity contribution in [1.82, 2.24) is 0 Å². The summed E-state index contributed by atoms with van der Waals surface area (Å²) in [6.45, 7) is 3.93. The number of esters is 1.